The number of methoxy groups -OCH3 is 2. The minimum Gasteiger partial charge on any atom is -0.497 e. The van der Waals surface area contributed by atoms with Crippen LogP contribution in [-0.4, -0.2) is 65.3 Å². The molecule has 1 saturated heterocycles. The highest BCUT2D eigenvalue weighted by Crippen LogP contribution is 2.47. The molecule has 4 atom stereocenters. The quantitative estimate of drug-likeness (QED) is 0.106. The molecule has 2 heterocycles. The van der Waals surface area contributed by atoms with Crippen LogP contribution in [0.15, 0.2) is 94.6 Å². The number of nitrogens with one attached hydrogen (secondary N) is 1. The molecule has 4 aromatic rings. The topological polar surface area (TPSA) is 110 Å². The van der Waals surface area contributed by atoms with Crippen molar-refractivity contribution in [2.75, 3.05) is 20.8 Å². The number of ether oxygens (including phenoxy) is 4. The first-order valence-electron chi connectivity index (χ1n) is 18.7. The zero-order valence-corrected chi connectivity index (χ0v) is 36.2. The van der Waals surface area contributed by atoms with Crippen molar-refractivity contribution >= 4 is 16.6 Å². The van der Waals surface area contributed by atoms with Crippen molar-refractivity contribution in [2.45, 2.75) is 108 Å². The molecule has 13 heteroatoms. The van der Waals surface area contributed by atoms with Gasteiger partial charge in [0.15, 0.2) is 22.9 Å². The van der Waals surface area contributed by atoms with Gasteiger partial charge < -0.3 is 27.8 Å². The highest BCUT2D eigenvalue weighted by molar-refractivity contribution is 6.74. The predicted molar refractivity (Wildman–Crippen MR) is 218 cm³/mol. The molecule has 5 rings (SSSR count). The number of aromatic amines is 1. The van der Waals surface area contributed by atoms with Gasteiger partial charge in [0.1, 0.15) is 35.4 Å². The largest absolute Gasteiger partial charge is 0.497 e. The van der Waals surface area contributed by atoms with Crippen LogP contribution in [0.2, 0.25) is 36.3 Å². The summed E-state index contributed by atoms with van der Waals surface area (Å²) in [5.74, 6) is 0.266. The Morgan fingerprint density at radius 3 is 1.62 bits per heavy atom. The smallest absolute Gasteiger partial charge is 0.330 e. The number of hydrogen-bond donors (Lipinski definition) is 1. The van der Waals surface area contributed by atoms with Gasteiger partial charge in [-0.25, -0.2) is 4.79 Å². The Bertz CT molecular complexity index is 1970. The third-order valence-electron chi connectivity index (χ3n) is 11.6. The lowest BCUT2D eigenvalue weighted by Crippen LogP contribution is -2.54. The Labute approximate surface area is 326 Å². The maximum atomic E-state index is 15.0. The minimum atomic E-state index is -2.61. The van der Waals surface area contributed by atoms with E-state index in [9.17, 15) is 9.59 Å². The van der Waals surface area contributed by atoms with Crippen molar-refractivity contribution < 1.29 is 32.2 Å². The summed E-state index contributed by atoms with van der Waals surface area (Å²) in [6.45, 7) is 21.3. The van der Waals surface area contributed by atoms with E-state index in [1.54, 1.807) is 14.2 Å². The third kappa shape index (κ3) is 8.62. The van der Waals surface area contributed by atoms with Gasteiger partial charge >= 0.3 is 5.69 Å². The summed E-state index contributed by atoms with van der Waals surface area (Å²) < 4.78 is 55.7. The molecule has 0 spiro atoms. The minimum absolute atomic E-state index is 0.0271. The van der Waals surface area contributed by atoms with Crippen molar-refractivity contribution in [1.82, 2.24) is 9.55 Å². The van der Waals surface area contributed by atoms with Crippen molar-refractivity contribution in [1.29, 1.82) is 0 Å². The lowest BCUT2D eigenvalue weighted by molar-refractivity contribution is -0.0947. The monoisotopic (exact) mass is 792 g/mol. The summed E-state index contributed by atoms with van der Waals surface area (Å²) in [6, 6.07) is 25.4. The summed E-state index contributed by atoms with van der Waals surface area (Å²) in [5.41, 5.74) is -0.595. The SMILES string of the molecule is COc1ccc(C(OC[C@H]2O[C@@H](n3cc(F)c(=O)[nH]c3=O)[C@H](O[Si](C)(C)C(C)(C)C)[C@@H]2O[Si](C)(C)C(C)(C)C)(c2ccccc2)c2ccc(OC)cc2)cc1. The average molecular weight is 793 g/mol. The van der Waals surface area contributed by atoms with Crippen molar-refractivity contribution in [3.63, 3.8) is 0 Å². The third-order valence-corrected chi connectivity index (χ3v) is 20.5. The highest BCUT2D eigenvalue weighted by atomic mass is 28.4. The molecular formula is C42H57FN2O8Si2. The Morgan fingerprint density at radius 1 is 0.709 bits per heavy atom. The molecule has 1 fully saturated rings. The molecule has 0 amide bonds. The van der Waals surface area contributed by atoms with Crippen LogP contribution in [0.4, 0.5) is 4.39 Å². The van der Waals surface area contributed by atoms with E-state index in [-0.39, 0.29) is 16.7 Å². The van der Waals surface area contributed by atoms with E-state index in [1.165, 1.54) is 0 Å². The second kappa shape index (κ2) is 15.9. The van der Waals surface area contributed by atoms with Crippen LogP contribution < -0.4 is 20.7 Å². The van der Waals surface area contributed by atoms with Crippen LogP contribution in [0.3, 0.4) is 0 Å². The van der Waals surface area contributed by atoms with Crippen LogP contribution in [0, 0.1) is 5.82 Å². The van der Waals surface area contributed by atoms with Gasteiger partial charge in [-0.3, -0.25) is 14.3 Å². The summed E-state index contributed by atoms with van der Waals surface area (Å²) in [7, 11) is -1.93. The van der Waals surface area contributed by atoms with Crippen LogP contribution in [0.25, 0.3) is 0 Å². The number of H-pyrrole nitrogens is 1. The van der Waals surface area contributed by atoms with Crippen LogP contribution in [-0.2, 0) is 23.9 Å². The fraction of sp³-hybridized carbons (Fsp3) is 0.476. The van der Waals surface area contributed by atoms with Gasteiger partial charge in [0, 0.05) is 0 Å². The maximum Gasteiger partial charge on any atom is 0.330 e. The Morgan fingerprint density at radius 2 is 1.16 bits per heavy atom. The second-order valence-corrected chi connectivity index (χ2v) is 26.7. The summed E-state index contributed by atoms with van der Waals surface area (Å²) in [5, 5.41) is -0.445. The fourth-order valence-electron chi connectivity index (χ4n) is 6.30. The molecule has 0 radical (unpaired) electrons. The van der Waals surface area contributed by atoms with E-state index >= 15 is 4.39 Å². The average Bonchev–Trinajstić information content (AvgIpc) is 3.44. The Balaban J connectivity index is 1.72. The molecule has 0 aliphatic carbocycles. The predicted octanol–water partition coefficient (Wildman–Crippen LogP) is 8.38. The van der Waals surface area contributed by atoms with Gasteiger partial charge in [0.25, 0.3) is 5.56 Å². The lowest BCUT2D eigenvalue weighted by atomic mass is 9.80. The molecule has 0 bridgehead atoms. The van der Waals surface area contributed by atoms with E-state index < -0.39 is 63.8 Å². The normalized spacial score (nSPS) is 19.7. The van der Waals surface area contributed by atoms with Gasteiger partial charge in [-0.1, -0.05) is 96.1 Å². The van der Waals surface area contributed by atoms with Gasteiger partial charge in [-0.2, -0.15) is 4.39 Å². The summed E-state index contributed by atoms with van der Waals surface area (Å²) in [6.07, 6.45) is -2.68. The van der Waals surface area contributed by atoms with Gasteiger partial charge in [0.05, 0.1) is 27.0 Å². The number of rotatable bonds is 13. The molecule has 0 unspecified atom stereocenters. The maximum absolute atomic E-state index is 15.0. The molecule has 1 aliphatic heterocycles. The first-order valence-corrected chi connectivity index (χ1v) is 24.5. The van der Waals surface area contributed by atoms with Gasteiger partial charge in [-0.05, 0) is 77.2 Å². The first-order chi connectivity index (χ1) is 25.6. The number of benzene rings is 3. The lowest BCUT2D eigenvalue weighted by Gasteiger charge is -2.44. The number of aromatic nitrogens is 2. The number of nitrogens with zero attached hydrogens (tertiary/aromatic N) is 1. The molecule has 1 aromatic heterocycles. The van der Waals surface area contributed by atoms with Crippen LogP contribution >= 0.6 is 0 Å². The Hall–Kier alpha value is -3.86. The molecular weight excluding hydrogens is 736 g/mol. The van der Waals surface area contributed by atoms with E-state index in [0.717, 1.165) is 27.5 Å². The molecule has 55 heavy (non-hydrogen) atoms. The first kappa shape index (κ1) is 42.3. The summed E-state index contributed by atoms with van der Waals surface area (Å²) >= 11 is 0. The summed E-state index contributed by atoms with van der Waals surface area (Å²) in [4.78, 5) is 27.8. The zero-order valence-electron chi connectivity index (χ0n) is 34.2. The molecule has 0 saturated carbocycles. The fourth-order valence-corrected chi connectivity index (χ4v) is 8.90. The van der Waals surface area contributed by atoms with E-state index in [2.05, 4.69) is 72.7 Å². The molecule has 298 valence electrons. The van der Waals surface area contributed by atoms with Crippen LogP contribution in [0.5, 0.6) is 11.5 Å². The zero-order chi connectivity index (χ0) is 40.6. The van der Waals surface area contributed by atoms with E-state index in [1.807, 2.05) is 78.9 Å². The second-order valence-electron chi connectivity index (χ2n) is 17.2. The van der Waals surface area contributed by atoms with E-state index in [4.69, 9.17) is 27.8 Å². The highest BCUT2D eigenvalue weighted by Gasteiger charge is 2.55. The number of halogens is 1. The van der Waals surface area contributed by atoms with Crippen molar-refractivity contribution in [3.05, 3.63) is 128 Å². The standard InChI is InChI=1S/C42H57FN2O8Si2/c1-40(2,3)54(9,10)52-35-34(51-38(36(35)53-55(11,12)41(4,5)6)45-26-33(43)37(46)44-39(45)47)27-50-42(28-16-14-13-15-17-28,29-18-22-31(48-7)23-19-29)30-20-24-32(49-8)25-21-30/h13-26,34-36,38H,27H2,1-12H3,(H,44,46,47)/t34-,35-,36-,38-/m1/s1. The van der Waals surface area contributed by atoms with Crippen molar-refractivity contribution in [3.8, 4) is 11.5 Å². The molecule has 3 aromatic carbocycles. The number of hydrogen-bond acceptors (Lipinski definition) is 8. The molecule has 1 aliphatic rings. The molecule has 1 N–H and O–H groups in total. The van der Waals surface area contributed by atoms with Gasteiger partial charge in [-0.15, -0.1) is 0 Å². The van der Waals surface area contributed by atoms with Crippen molar-refractivity contribution in [2.24, 2.45) is 0 Å². The van der Waals surface area contributed by atoms with Gasteiger partial charge in [0.2, 0.25) is 5.82 Å². The van der Waals surface area contributed by atoms with E-state index in [0.29, 0.717) is 11.5 Å². The van der Waals surface area contributed by atoms with Crippen LogP contribution in [0.1, 0.15) is 64.5 Å². The Kier molecular flexibility index (Phi) is 12.3. The molecule has 10 nitrogen and oxygen atoms in total.